The van der Waals surface area contributed by atoms with Crippen molar-refractivity contribution in [2.24, 2.45) is 5.92 Å². The molecule has 0 aliphatic carbocycles. The molecule has 0 unspecified atom stereocenters. The second-order valence-electron chi connectivity index (χ2n) is 12.1. The lowest BCUT2D eigenvalue weighted by Crippen LogP contribution is -2.44. The van der Waals surface area contributed by atoms with E-state index in [9.17, 15) is 39.5 Å². The van der Waals surface area contributed by atoms with Gasteiger partial charge in [-0.2, -0.15) is 0 Å². The zero-order valence-electron chi connectivity index (χ0n) is 26.0. The standard InChI is InChI=1S/C26H14BF15Si.C5H12/c1-5-8(6-11(28)17(34)23(40)18(35)12(6)29)27(10-15(32)21(38)25(42)22(39)16(10)33)9(26(5)43(2,3)4)7-13(30)19(36)24(41)20(37)14(7)31;1-3-5-4-2/h5,8H,1-4H3;3-5H2,1-2H3/t5-,8-;/m0./s1. The molecule has 0 saturated carbocycles. The van der Waals surface area contributed by atoms with Gasteiger partial charge in [0.15, 0.2) is 75.6 Å². The maximum Gasteiger partial charge on any atom is 0.226 e. The Morgan fingerprint density at radius 1 is 0.479 bits per heavy atom. The molecular weight excluding hydrogens is 696 g/mol. The van der Waals surface area contributed by atoms with Gasteiger partial charge in [-0.05, 0) is 11.7 Å². The van der Waals surface area contributed by atoms with Gasteiger partial charge >= 0.3 is 0 Å². The summed E-state index contributed by atoms with van der Waals surface area (Å²) in [5.74, 6) is -44.4. The fraction of sp³-hybridized carbons (Fsp3) is 0.355. The summed E-state index contributed by atoms with van der Waals surface area (Å²) in [7, 11) is -3.43. The molecule has 0 N–H and O–H groups in total. The number of hydrogen-bond donors (Lipinski definition) is 0. The molecule has 1 aliphatic rings. The van der Waals surface area contributed by atoms with Gasteiger partial charge < -0.3 is 0 Å². The Bertz CT molecular complexity index is 1710. The van der Waals surface area contributed by atoms with E-state index in [1.54, 1.807) is 0 Å². The molecule has 0 spiro atoms. The van der Waals surface area contributed by atoms with E-state index in [2.05, 4.69) is 13.8 Å². The van der Waals surface area contributed by atoms with Crippen molar-refractivity contribution in [3.8, 4) is 0 Å². The third-order valence-corrected chi connectivity index (χ3v) is 10.4. The minimum absolute atomic E-state index is 0.487. The molecule has 0 radical (unpaired) electrons. The molecule has 0 fully saturated rings. The van der Waals surface area contributed by atoms with Gasteiger partial charge in [0.1, 0.15) is 0 Å². The summed E-state index contributed by atoms with van der Waals surface area (Å²) in [6.07, 6.45) is 4.08. The van der Waals surface area contributed by atoms with Crippen molar-refractivity contribution >= 4 is 25.7 Å². The minimum atomic E-state index is -3.43. The first-order valence-electron chi connectivity index (χ1n) is 14.4. The van der Waals surface area contributed by atoms with Crippen LogP contribution in [0.25, 0.3) is 5.47 Å². The first kappa shape index (κ1) is 39.1. The van der Waals surface area contributed by atoms with Crippen molar-refractivity contribution in [3.63, 3.8) is 0 Å². The maximum atomic E-state index is 15.3. The van der Waals surface area contributed by atoms with Gasteiger partial charge in [0.2, 0.25) is 18.3 Å². The number of unbranched alkanes of at least 4 members (excludes halogenated alkanes) is 2. The van der Waals surface area contributed by atoms with E-state index < -0.39 is 141 Å². The predicted octanol–water partition coefficient (Wildman–Crippen LogP) is 10.5. The van der Waals surface area contributed by atoms with Crippen LogP contribution in [-0.2, 0) is 0 Å². The topological polar surface area (TPSA) is 0 Å². The van der Waals surface area contributed by atoms with Crippen LogP contribution >= 0.6 is 0 Å². The fourth-order valence-electron chi connectivity index (χ4n) is 6.18. The lowest BCUT2D eigenvalue weighted by Gasteiger charge is -2.29. The molecule has 0 amide bonds. The largest absolute Gasteiger partial charge is 0.226 e. The maximum absolute atomic E-state index is 15.3. The Morgan fingerprint density at radius 2 is 0.792 bits per heavy atom. The summed E-state index contributed by atoms with van der Waals surface area (Å²) in [6, 6.07) is 0. The van der Waals surface area contributed by atoms with Crippen LogP contribution in [0.2, 0.25) is 19.6 Å². The monoisotopic (exact) mass is 722 g/mol. The highest BCUT2D eigenvalue weighted by Crippen LogP contribution is 2.52. The average Bonchev–Trinajstić information content (AvgIpc) is 3.31. The lowest BCUT2D eigenvalue weighted by atomic mass is 9.32. The number of rotatable bonds is 6. The number of allylic oxidation sites excluding steroid dienone is 1. The zero-order valence-corrected chi connectivity index (χ0v) is 27.0. The number of hydrogen-bond acceptors (Lipinski definition) is 0. The van der Waals surface area contributed by atoms with Crippen LogP contribution in [0.1, 0.15) is 57.0 Å². The SMILES string of the molecule is CCCCC.C[C@@H]1C([Si](C)(C)C)=C(c2c(F)c(F)c(F)c(F)c2F)B(c2c(F)c(F)c(F)c(F)c2F)[C@@H]1c1c(F)c(F)c(F)c(F)c1F. The first-order valence-corrected chi connectivity index (χ1v) is 17.9. The van der Waals surface area contributed by atoms with Crippen molar-refractivity contribution in [2.75, 3.05) is 0 Å². The van der Waals surface area contributed by atoms with Crippen LogP contribution in [0.3, 0.4) is 0 Å². The van der Waals surface area contributed by atoms with E-state index in [4.69, 9.17) is 0 Å². The molecule has 4 rings (SSSR count). The number of halogens is 15. The third kappa shape index (κ3) is 6.26. The van der Waals surface area contributed by atoms with Crippen molar-refractivity contribution in [1.29, 1.82) is 0 Å². The van der Waals surface area contributed by atoms with E-state index >= 15 is 26.3 Å². The van der Waals surface area contributed by atoms with Crippen molar-refractivity contribution in [1.82, 2.24) is 0 Å². The van der Waals surface area contributed by atoms with E-state index in [-0.39, 0.29) is 0 Å². The summed E-state index contributed by atoms with van der Waals surface area (Å²) in [4.78, 5) is 0. The van der Waals surface area contributed by atoms with E-state index in [1.165, 1.54) is 38.9 Å². The Hall–Kier alpha value is -3.37. The van der Waals surface area contributed by atoms with Crippen LogP contribution in [0.15, 0.2) is 5.20 Å². The summed E-state index contributed by atoms with van der Waals surface area (Å²) >= 11 is 0. The molecule has 3 aromatic carbocycles. The summed E-state index contributed by atoms with van der Waals surface area (Å²) in [6.45, 7) is 6.31. The summed E-state index contributed by atoms with van der Waals surface area (Å²) in [5.41, 5.74) is -7.21. The van der Waals surface area contributed by atoms with Crippen LogP contribution in [0.5, 0.6) is 0 Å². The first-order chi connectivity index (χ1) is 22.1. The molecule has 262 valence electrons. The lowest BCUT2D eigenvalue weighted by molar-refractivity contribution is 0.365. The highest BCUT2D eigenvalue weighted by atomic mass is 28.3. The van der Waals surface area contributed by atoms with Crippen LogP contribution in [0, 0.1) is 93.2 Å². The molecule has 3 aromatic rings. The van der Waals surface area contributed by atoms with Gasteiger partial charge in [-0.15, -0.1) is 0 Å². The molecule has 0 nitrogen and oxygen atoms in total. The van der Waals surface area contributed by atoms with Crippen LogP contribution < -0.4 is 5.46 Å². The van der Waals surface area contributed by atoms with Gasteiger partial charge in [0, 0.05) is 16.6 Å². The van der Waals surface area contributed by atoms with Gasteiger partial charge in [-0.1, -0.05) is 70.3 Å². The summed E-state index contributed by atoms with van der Waals surface area (Å²) in [5, 5.41) is -0.487. The van der Waals surface area contributed by atoms with E-state index in [1.807, 2.05) is 0 Å². The molecule has 2 atom stereocenters. The summed E-state index contributed by atoms with van der Waals surface area (Å²) < 4.78 is 220. The number of benzene rings is 3. The average molecular weight is 722 g/mol. The Labute approximate surface area is 266 Å². The molecule has 0 aromatic heterocycles. The highest BCUT2D eigenvalue weighted by molar-refractivity contribution is 6.97. The van der Waals surface area contributed by atoms with Crippen molar-refractivity contribution < 1.29 is 65.9 Å². The molecule has 1 heterocycles. The Kier molecular flexibility index (Phi) is 11.6. The molecular formula is C31H26BF15Si. The van der Waals surface area contributed by atoms with Gasteiger partial charge in [-0.3, -0.25) is 0 Å². The van der Waals surface area contributed by atoms with Gasteiger partial charge in [-0.25, -0.2) is 65.9 Å². The van der Waals surface area contributed by atoms with Crippen molar-refractivity contribution in [2.45, 2.75) is 65.5 Å². The normalized spacial score (nSPS) is 16.6. The van der Waals surface area contributed by atoms with Gasteiger partial charge in [0.05, 0.1) is 8.07 Å². The predicted molar refractivity (Wildman–Crippen MR) is 151 cm³/mol. The molecule has 0 bridgehead atoms. The third-order valence-electron chi connectivity index (χ3n) is 8.08. The van der Waals surface area contributed by atoms with Crippen LogP contribution in [-0.4, -0.2) is 14.8 Å². The Morgan fingerprint density at radius 3 is 1.10 bits per heavy atom. The minimum Gasteiger partial charge on any atom is -0.204 e. The molecule has 17 heteroatoms. The van der Waals surface area contributed by atoms with Gasteiger partial charge in [0.25, 0.3) is 0 Å². The molecule has 48 heavy (non-hydrogen) atoms. The van der Waals surface area contributed by atoms with Crippen molar-refractivity contribution in [3.05, 3.63) is 104 Å². The van der Waals surface area contributed by atoms with Crippen LogP contribution in [0.4, 0.5) is 65.9 Å². The second-order valence-corrected chi connectivity index (χ2v) is 17.2. The Balaban J connectivity index is 0.00000116. The zero-order chi connectivity index (χ0) is 36.9. The molecule has 1 aliphatic heterocycles. The molecule has 0 saturated heterocycles. The fourth-order valence-corrected chi connectivity index (χ4v) is 8.82. The van der Waals surface area contributed by atoms with E-state index in [0.29, 0.717) is 0 Å². The second kappa shape index (κ2) is 14.2. The smallest absolute Gasteiger partial charge is 0.204 e. The quantitative estimate of drug-likeness (QED) is 0.103. The highest BCUT2D eigenvalue weighted by Gasteiger charge is 2.55. The van der Waals surface area contributed by atoms with E-state index in [0.717, 1.165) is 6.92 Å².